The largest absolute Gasteiger partial charge is 0.527 e. The smallest absolute Gasteiger partial charge is 0.457 e. The summed E-state index contributed by atoms with van der Waals surface area (Å²) >= 11 is 0. The Kier molecular flexibility index (Phi) is 33.2. The summed E-state index contributed by atoms with van der Waals surface area (Å²) in [6.07, 6.45) is 4.37. The first-order chi connectivity index (χ1) is 64.8. The molecule has 2 saturated carbocycles. The second-order valence-corrected chi connectivity index (χ2v) is 50.7. The van der Waals surface area contributed by atoms with Crippen LogP contribution in [0, 0.1) is 11.8 Å². The van der Waals surface area contributed by atoms with Gasteiger partial charge in [0.2, 0.25) is 11.8 Å². The van der Waals surface area contributed by atoms with E-state index in [-0.39, 0.29) is 188 Å². The van der Waals surface area contributed by atoms with Crippen molar-refractivity contribution in [2.24, 2.45) is 11.8 Å². The van der Waals surface area contributed by atoms with Gasteiger partial charge in [-0.3, -0.25) is 38.6 Å². The highest BCUT2D eigenvalue weighted by Crippen LogP contribution is 2.59. The summed E-state index contributed by atoms with van der Waals surface area (Å²) in [5.74, 6) is -3.87. The van der Waals surface area contributed by atoms with Gasteiger partial charge in [0.05, 0.1) is 48.7 Å². The van der Waals surface area contributed by atoms with Crippen LogP contribution in [-0.2, 0) is 103 Å². The molecule has 0 radical (unpaired) electrons. The fourth-order valence-corrected chi connectivity index (χ4v) is 23.8. The molecule has 30 nitrogen and oxygen atoms in total. The van der Waals surface area contributed by atoms with Crippen molar-refractivity contribution in [3.8, 4) is 46.0 Å². The second-order valence-electron chi connectivity index (χ2n) is 39.2. The van der Waals surface area contributed by atoms with Crippen molar-refractivity contribution in [1.29, 1.82) is 0 Å². The topological polar surface area (TPSA) is 300 Å². The third-order valence-corrected chi connectivity index (χ3v) is 36.7. The molecule has 736 valence electrons. The van der Waals surface area contributed by atoms with Crippen LogP contribution in [0.3, 0.4) is 0 Å². The fourth-order valence-electron chi connectivity index (χ4n) is 18.8. The normalized spacial score (nSPS) is 15.6. The zero-order valence-electron chi connectivity index (χ0n) is 83.4. The van der Waals surface area contributed by atoms with Gasteiger partial charge in [0.25, 0.3) is 23.6 Å². The number of imide groups is 2. The molecule has 2 aliphatic carbocycles. The first-order valence-corrected chi connectivity index (χ1v) is 54.3. The van der Waals surface area contributed by atoms with Crippen LogP contribution >= 0.6 is 0 Å². The number of amides is 6. The van der Waals surface area contributed by atoms with Crippen LogP contribution < -0.4 is 18.9 Å². The Morgan fingerprint density at radius 3 is 0.669 bits per heavy atom. The molecule has 2 unspecified atom stereocenters. The van der Waals surface area contributed by atoms with Crippen LogP contribution in [-0.4, -0.2) is 265 Å². The molecule has 9 aromatic rings. The highest BCUT2D eigenvalue weighted by atomic mass is 28.4. The van der Waals surface area contributed by atoms with Gasteiger partial charge in [-0.2, -0.15) is 0 Å². The predicted octanol–water partition coefficient (Wildman–Crippen LogP) is 17.8. The lowest BCUT2D eigenvalue weighted by Crippen LogP contribution is -2.58. The molecule has 9 aromatic carbocycles. The van der Waals surface area contributed by atoms with Gasteiger partial charge in [-0.25, -0.2) is 0 Å². The fraction of sp³-hybridized carbons (Fsp3) is 0.510. The maximum atomic E-state index is 17.4. The molecule has 0 N–H and O–H groups in total. The van der Waals surface area contributed by atoms with E-state index in [0.717, 1.165) is 32.1 Å². The monoisotopic (exact) mass is 1940 g/mol. The minimum absolute atomic E-state index is 0.0129. The number of carbonyl (C=O) groups excluding carboxylic acids is 6. The van der Waals surface area contributed by atoms with Gasteiger partial charge in [-0.05, 0) is 154 Å². The molecule has 2 atom stereocenters. The quantitative estimate of drug-likeness (QED) is 0.0112. The van der Waals surface area contributed by atoms with Gasteiger partial charge in [-0.1, -0.05) is 157 Å². The average Bonchev–Trinajstić information content (AvgIpc) is 0.929. The summed E-state index contributed by atoms with van der Waals surface area (Å²) in [7, 11) is 4.39. The molecule has 2 fully saturated rings. The molecule has 0 aromatic heterocycles. The zero-order valence-corrected chi connectivity index (χ0v) is 87.4. The molecule has 6 amide bonds. The Balaban J connectivity index is 1.13. The Labute approximate surface area is 803 Å². The third kappa shape index (κ3) is 21.8. The maximum absolute atomic E-state index is 17.4. The maximum Gasteiger partial charge on any atom is 0.527 e. The molecule has 0 saturated heterocycles. The number of hydrogen-bond donors (Lipinski definition) is 0. The van der Waals surface area contributed by atoms with Crippen molar-refractivity contribution < 1.29 is 120 Å². The van der Waals surface area contributed by atoms with Gasteiger partial charge in [-0.15, -0.1) is 0 Å². The van der Waals surface area contributed by atoms with Crippen molar-refractivity contribution in [3.63, 3.8) is 0 Å². The summed E-state index contributed by atoms with van der Waals surface area (Å²) in [4.78, 5) is 108. The van der Waals surface area contributed by atoms with E-state index in [0.29, 0.717) is 74.4 Å². The second kappa shape index (κ2) is 43.3. The van der Waals surface area contributed by atoms with E-state index in [1.54, 1.807) is 34.1 Å². The summed E-state index contributed by atoms with van der Waals surface area (Å²) < 4.78 is 124. The SMILES string of the molecule is CO[Si](COCCN(CCOC[Si](OC)(OC)OC)C(=O)C(C1CCCC1)N1C(=O)c2cc(Oc3ccc(C(C)(C)C)cc3)c3c4c(Oc5ccc(C(C)(C)C)cc5)cc5c6c(cc(Oc7ccc(C(C)(C)C)cc7)c(c7c(Oc8ccc(C(C)(C)C)cc8)cc(c2c37)C1=O)c64)C(=O)N(C(C(=O)N(CCOC[Si](OC)(OC)OC)CCOC[Si](OC)(OC)OC)C1CCCC1)C5=O)(OC)OC. The first-order valence-electron chi connectivity index (χ1n) is 46.5. The van der Waals surface area contributed by atoms with Crippen LogP contribution in [0.2, 0.25) is 0 Å². The summed E-state index contributed by atoms with van der Waals surface area (Å²) in [5.41, 5.74) is 2.63. The van der Waals surface area contributed by atoms with Gasteiger partial charge < -0.3 is 101 Å². The van der Waals surface area contributed by atoms with E-state index in [4.69, 9.17) is 91.0 Å². The van der Waals surface area contributed by atoms with Crippen molar-refractivity contribution in [1.82, 2.24) is 19.6 Å². The number of hydrogen-bond acceptors (Lipinski definition) is 26. The van der Waals surface area contributed by atoms with Gasteiger partial charge >= 0.3 is 35.2 Å². The molecule has 4 aliphatic rings. The Hall–Kier alpha value is -9.07. The standard InChI is InChI=1S/C102H136N4O26Si4/c1-99(2,3)67-33-41-71(42-34-67)129-79-57-75-83-76(94(108)105(93(75)107)91(65-29-25-26-30-65)97(111)103(49-53-125-61-133(113-13,114-14)115-15)50-54-126-62-134(116-16,117-17)118-18)59-81(131-73-45-37-69(38-46-73)101(7,8)9)87-88-82(132-74-47-39-70(40-48-74)102(10,11)12)60-78-84-77(58-80(86(90(84)88)85(79)89(83)87)130-72-43-35-68(36-44-72)100(4,5)6)95(109)106(96(78)110)92(66-31-27-28-32-66)98(112)104(51-55-127-63-135(119-19,120-20)121-21)52-56-128-64-136(122-22,123-23)124-24/h33-48,57-60,65-66,91-92H,25-32,49-56,61-64H2,1-24H3. The molecule has 2 heterocycles. The zero-order chi connectivity index (χ0) is 98.4. The molecule has 0 bridgehead atoms. The summed E-state index contributed by atoms with van der Waals surface area (Å²) in [6, 6.07) is 34.3. The molecular weight excluding hydrogens is 1810 g/mol. The molecule has 0 spiro atoms. The Morgan fingerprint density at radius 1 is 0.301 bits per heavy atom. The van der Waals surface area contributed by atoms with Gasteiger partial charge in [0.15, 0.2) is 0 Å². The number of nitrogens with zero attached hydrogens (tertiary/aromatic N) is 4. The van der Waals surface area contributed by atoms with Crippen LogP contribution in [0.25, 0.3) is 43.1 Å². The molecule has 2 aliphatic heterocycles. The highest BCUT2D eigenvalue weighted by molar-refractivity contribution is 6.61. The van der Waals surface area contributed by atoms with Crippen LogP contribution in [0.4, 0.5) is 0 Å². The highest BCUT2D eigenvalue weighted by Gasteiger charge is 2.52. The molecule has 34 heteroatoms. The lowest BCUT2D eigenvalue weighted by Gasteiger charge is -2.40. The summed E-state index contributed by atoms with van der Waals surface area (Å²) in [5, 5.41) is 1.89. The van der Waals surface area contributed by atoms with Crippen molar-refractivity contribution >= 4 is 114 Å². The number of rotatable bonds is 46. The van der Waals surface area contributed by atoms with Gasteiger partial charge in [0, 0.05) is 155 Å². The minimum Gasteiger partial charge on any atom is -0.457 e. The third-order valence-electron chi connectivity index (χ3n) is 27.0. The van der Waals surface area contributed by atoms with Crippen molar-refractivity contribution in [3.05, 3.63) is 166 Å². The predicted molar refractivity (Wildman–Crippen MR) is 525 cm³/mol. The Bertz CT molecular complexity index is 5030. The van der Waals surface area contributed by atoms with E-state index in [2.05, 4.69) is 83.1 Å². The molecule has 136 heavy (non-hydrogen) atoms. The van der Waals surface area contributed by atoms with E-state index in [9.17, 15) is 0 Å². The first kappa shape index (κ1) is 104. The van der Waals surface area contributed by atoms with E-state index in [1.807, 2.05) is 97.1 Å². The average molecular weight is 1950 g/mol. The molecule has 13 rings (SSSR count). The summed E-state index contributed by atoms with van der Waals surface area (Å²) in [6.45, 7) is 24.8. The number of carbonyl (C=O) groups is 6. The minimum atomic E-state index is -3.33. The lowest BCUT2D eigenvalue weighted by atomic mass is 9.79. The lowest BCUT2D eigenvalue weighted by molar-refractivity contribution is -0.139. The van der Waals surface area contributed by atoms with E-state index < -0.39 is 94.6 Å². The van der Waals surface area contributed by atoms with Crippen LogP contribution in [0.5, 0.6) is 46.0 Å². The Morgan fingerprint density at radius 2 is 0.493 bits per heavy atom. The van der Waals surface area contributed by atoms with Crippen LogP contribution in [0.15, 0.2) is 121 Å². The van der Waals surface area contributed by atoms with Crippen LogP contribution in [0.1, 0.15) is 198 Å². The number of fused-ring (bicyclic) bond motifs is 2. The number of ether oxygens (including phenoxy) is 8. The van der Waals surface area contributed by atoms with E-state index in [1.165, 1.54) is 85.3 Å². The number of benzene rings is 9. The van der Waals surface area contributed by atoms with Crippen molar-refractivity contribution in [2.45, 2.75) is 168 Å². The van der Waals surface area contributed by atoms with Gasteiger partial charge in [0.1, 0.15) is 83.0 Å². The van der Waals surface area contributed by atoms with E-state index >= 15 is 28.8 Å². The molecular formula is C102H136N4O26Si4. The van der Waals surface area contributed by atoms with Crippen molar-refractivity contribution in [2.75, 3.05) is 163 Å².